The van der Waals surface area contributed by atoms with Crippen LogP contribution in [0.5, 0.6) is 0 Å². The lowest BCUT2D eigenvalue weighted by Gasteiger charge is -2.41. The van der Waals surface area contributed by atoms with Crippen LogP contribution in [0.4, 0.5) is 0 Å². The summed E-state index contributed by atoms with van der Waals surface area (Å²) in [5, 5.41) is 28.0. The molecule has 26 fully saturated rings. The second-order valence-electron chi connectivity index (χ2n) is 55.9. The standard InChI is InChI=1S/C15H26O2.C14H22.2C12H20.C12H18.C11H18O2.C10H15N.C10H18O.C9H15Cl.C9H16O.C9H16/c1-6-15(4,5)17-14(16)13-8-11-7-12(13)10(3)9(11)2;1-7-8(2)12-6-11(7)13-9-3-4-10(5-9)14(12)13;1-7-5-11-9-3-4-10(6-9)12(11)8(7)2;2*1-7-8(2)12-6-11(7)9-4-3-5-10(9)12;1-6-7(2)10-4-9(6)5-11(10)13-8(3)12;2*1-6-7(2)10-4-8(6)3-9(10)5-11;2*1-5-6(2)8-3-7(5)4-9(8)10;1-6-7(2)9-4-3-8(6)5-9/h9-13H,6-8H2,1-5H3;7-14H,3-6H2,1-2H3;2*7-12H,3-6H2,1-2H3;3-4,7-12H,5-6H2,1-2H3;6-7,9-11H,4-5H2,1-3H3;6-10H,3-4H2,1-2H3;6-11H,3-5H2,1-2H3;5-9H,3-4H2,1-2H3;5-10H,3-4H2,1-2H3;6-9H,3-5H2,1-2H3/t;;;;;;6?,7?,8-,9?,10?;;;;/m......1..../s1. The maximum atomic E-state index is 12.2. The number of allylic oxidation sites excluding steroid dienone is 2. The van der Waals surface area contributed by atoms with Gasteiger partial charge < -0.3 is 19.7 Å². The third-order valence-electron chi connectivity index (χ3n) is 52.0. The molecule has 0 heterocycles. The number of fused-ring (bicyclic) bond motifs is 38. The van der Waals surface area contributed by atoms with Crippen molar-refractivity contribution in [1.29, 1.82) is 5.26 Å². The van der Waals surface area contributed by atoms with Gasteiger partial charge in [0.1, 0.15) is 11.7 Å². The molecule has 0 aromatic carbocycles. The Kier molecular flexibility index (Phi) is 31.3. The molecule has 0 aliphatic heterocycles. The van der Waals surface area contributed by atoms with Crippen LogP contribution in [0.15, 0.2) is 12.2 Å². The summed E-state index contributed by atoms with van der Waals surface area (Å²) in [6.07, 6.45) is 47.7. The molecule has 24 bridgehead atoms. The van der Waals surface area contributed by atoms with Gasteiger partial charge in [-0.05, 0) is 526 Å². The molecule has 27 rings (SSSR count). The zero-order chi connectivity index (χ0) is 93.8. The highest BCUT2D eigenvalue weighted by Gasteiger charge is 2.65. The predicted molar refractivity (Wildman–Crippen MR) is 541 cm³/mol. The molecule has 27 aliphatic carbocycles. The molecule has 60 atom stereocenters. The fourth-order valence-corrected chi connectivity index (χ4v) is 42.2. The van der Waals surface area contributed by atoms with Gasteiger partial charge in [0.25, 0.3) is 0 Å². The molecule has 0 saturated heterocycles. The Balaban J connectivity index is 0.000000101. The van der Waals surface area contributed by atoms with Crippen molar-refractivity contribution in [1.82, 2.24) is 0 Å². The molecular weight excluding hydrogens is 1620 g/mol. The molecule has 0 spiro atoms. The van der Waals surface area contributed by atoms with Gasteiger partial charge in [0, 0.05) is 24.8 Å². The summed E-state index contributed by atoms with van der Waals surface area (Å²) in [4.78, 5) is 23.1. The summed E-state index contributed by atoms with van der Waals surface area (Å²) in [6, 6.07) is 2.45. The third kappa shape index (κ3) is 18.9. The second-order valence-corrected chi connectivity index (χ2v) is 56.5. The lowest BCUT2D eigenvalue weighted by Crippen LogP contribution is -2.36. The van der Waals surface area contributed by atoms with E-state index in [0.717, 1.165) is 286 Å². The average Bonchev–Trinajstić information content (AvgIpc) is 1.54. The van der Waals surface area contributed by atoms with Crippen LogP contribution < -0.4 is 0 Å². The molecule has 26 saturated carbocycles. The number of rotatable bonds is 5. The van der Waals surface area contributed by atoms with Crippen molar-refractivity contribution in [3.63, 3.8) is 0 Å². The first kappa shape index (κ1) is 101. The fourth-order valence-electron chi connectivity index (χ4n) is 41.6. The molecule has 2 N–H and O–H groups in total. The zero-order valence-electron chi connectivity index (χ0n) is 89.1. The van der Waals surface area contributed by atoms with Crippen molar-refractivity contribution in [2.75, 3.05) is 6.61 Å². The first-order chi connectivity index (χ1) is 62.2. The Morgan fingerprint density at radius 2 is 0.771 bits per heavy atom. The smallest absolute Gasteiger partial charge is 0.309 e. The molecule has 0 radical (unpaired) electrons. The number of aliphatic hydroxyl groups excluding tert-OH is 2. The summed E-state index contributed by atoms with van der Waals surface area (Å²) >= 11 is 6.17. The first-order valence-electron chi connectivity index (χ1n) is 58.6. The predicted octanol–water partition coefficient (Wildman–Crippen LogP) is 30.8. The van der Waals surface area contributed by atoms with E-state index in [-0.39, 0.29) is 35.7 Å². The van der Waals surface area contributed by atoms with Crippen LogP contribution in [-0.2, 0) is 19.1 Å². The quantitative estimate of drug-likeness (QED) is 0.122. The van der Waals surface area contributed by atoms with Crippen LogP contribution >= 0.6 is 11.6 Å². The number of nitrogens with zero attached hydrogens (tertiary/aromatic N) is 1. The van der Waals surface area contributed by atoms with Crippen molar-refractivity contribution in [2.24, 2.45) is 337 Å². The Morgan fingerprint density at radius 3 is 1.22 bits per heavy atom. The largest absolute Gasteiger partial charge is 0.462 e. The average molecular weight is 1830 g/mol. The van der Waals surface area contributed by atoms with Gasteiger partial charge in [-0.25, -0.2) is 0 Å². The van der Waals surface area contributed by atoms with Crippen molar-refractivity contribution < 1.29 is 29.3 Å². The van der Waals surface area contributed by atoms with Gasteiger partial charge in [-0.3, -0.25) is 9.59 Å². The molecule has 27 aliphatic rings. The molecule has 0 amide bonds. The highest BCUT2D eigenvalue weighted by molar-refractivity contribution is 6.21. The van der Waals surface area contributed by atoms with Crippen molar-refractivity contribution in [2.45, 2.75) is 396 Å². The van der Waals surface area contributed by atoms with E-state index in [0.29, 0.717) is 47.5 Å². The first-order valence-corrected chi connectivity index (χ1v) is 59.1. The van der Waals surface area contributed by atoms with E-state index in [4.69, 9.17) is 31.4 Å². The number of esters is 2. The fraction of sp³-hybridized carbons (Fsp3) is 0.959. The van der Waals surface area contributed by atoms with Crippen molar-refractivity contribution >= 4 is 23.5 Å². The van der Waals surface area contributed by atoms with Crippen molar-refractivity contribution in [3.05, 3.63) is 12.2 Å². The maximum Gasteiger partial charge on any atom is 0.309 e. The monoisotopic (exact) mass is 1830 g/mol. The summed E-state index contributed by atoms with van der Waals surface area (Å²) in [7, 11) is 0. The van der Waals surface area contributed by atoms with Crippen LogP contribution in [0, 0.1) is 349 Å². The zero-order valence-corrected chi connectivity index (χ0v) is 89.8. The minimum absolute atomic E-state index is 0.0381. The van der Waals surface area contributed by atoms with Crippen molar-refractivity contribution in [3.8, 4) is 6.07 Å². The highest BCUT2D eigenvalue weighted by atomic mass is 35.5. The minimum atomic E-state index is -0.298. The lowest BCUT2D eigenvalue weighted by molar-refractivity contribution is -0.165. The molecular formula is C123H204ClNO6. The number of nitriles is 1. The van der Waals surface area contributed by atoms with Crippen LogP contribution in [0.25, 0.3) is 0 Å². The van der Waals surface area contributed by atoms with Gasteiger partial charge in [0.2, 0.25) is 0 Å². The normalized spacial score (nSPS) is 56.7. The van der Waals surface area contributed by atoms with E-state index >= 15 is 0 Å². The summed E-state index contributed by atoms with van der Waals surface area (Å²) in [5.41, 5.74) is -0.298. The van der Waals surface area contributed by atoms with Crippen LogP contribution in [0.2, 0.25) is 0 Å². The Bertz CT molecular complexity index is 3730. The maximum absolute atomic E-state index is 12.2. The molecule has 8 heteroatoms. The van der Waals surface area contributed by atoms with Gasteiger partial charge >= 0.3 is 11.9 Å². The van der Waals surface area contributed by atoms with Gasteiger partial charge in [-0.15, -0.1) is 11.6 Å². The third-order valence-corrected chi connectivity index (χ3v) is 52.5. The molecule has 0 aromatic heterocycles. The van der Waals surface area contributed by atoms with Crippen LogP contribution in [0.1, 0.15) is 373 Å². The van der Waals surface area contributed by atoms with E-state index < -0.39 is 0 Å². The lowest BCUT2D eigenvalue weighted by atomic mass is 9.64. The van der Waals surface area contributed by atoms with Crippen LogP contribution in [0.3, 0.4) is 0 Å². The number of alkyl halides is 1. The summed E-state index contributed by atoms with van der Waals surface area (Å²) < 4.78 is 11.0. The van der Waals surface area contributed by atoms with Gasteiger partial charge in [-0.1, -0.05) is 178 Å². The Morgan fingerprint density at radius 1 is 0.366 bits per heavy atom. The number of aliphatic hydroxyl groups is 2. The van der Waals surface area contributed by atoms with Gasteiger partial charge in [0.05, 0.1) is 18.1 Å². The van der Waals surface area contributed by atoms with Gasteiger partial charge in [-0.2, -0.15) is 5.26 Å². The van der Waals surface area contributed by atoms with Crippen LogP contribution in [-0.4, -0.2) is 51.9 Å². The Hall–Kier alpha value is -1.62. The number of halogens is 1. The Labute approximate surface area is 810 Å². The van der Waals surface area contributed by atoms with Gasteiger partial charge in [0.15, 0.2) is 0 Å². The molecule has 744 valence electrons. The number of hydrogen-bond donors (Lipinski definition) is 2. The topological polar surface area (TPSA) is 117 Å². The number of carbonyl (C=O) groups is 2. The molecule has 0 aromatic rings. The highest BCUT2D eigenvalue weighted by Crippen LogP contribution is 2.72. The molecule has 7 nitrogen and oxygen atoms in total. The minimum Gasteiger partial charge on any atom is -0.462 e. The molecule has 131 heavy (non-hydrogen) atoms. The number of carbonyl (C=O) groups excluding carboxylic acids is 2. The number of hydrogen-bond acceptors (Lipinski definition) is 7. The summed E-state index contributed by atoms with van der Waals surface area (Å²) in [5.74, 6) is 53.7. The van der Waals surface area contributed by atoms with E-state index in [9.17, 15) is 14.7 Å². The number of ether oxygens (including phenoxy) is 2. The second kappa shape index (κ2) is 40.6. The SMILES string of the molecule is CC(=O)OC1CC2CC1C(C)C2C.CC1C(C)C2CC1C1C3CCC(C3)C21.CC1C(C)C2CC1C1C=CCC12.CC1C(C)C2CC1C1CCCC21.CC1C2CC(CO)C(C2)C1C.CC1C2CC(Cl)C(C2)C1C.CC1C2CC(O)C(C2)C1C.CC1C2CCC(C2)C1C.CC1C2C[C@@H](CC2C#N)C1C.CC1CC2C3CCC(C3)C2C1C.CCC(C)(C)OC(=O)C1CC2CC1C(C)C2C. The summed E-state index contributed by atoms with van der Waals surface area (Å²) in [6.45, 7) is 61.0. The molecule has 59 unspecified atom stereocenters. The van der Waals surface area contributed by atoms with E-state index in [1.54, 1.807) is 89.9 Å². The van der Waals surface area contributed by atoms with E-state index in [1.165, 1.54) is 119 Å². The van der Waals surface area contributed by atoms with E-state index in [2.05, 4.69) is 177 Å². The van der Waals surface area contributed by atoms with E-state index in [1.807, 2.05) is 13.8 Å².